The lowest BCUT2D eigenvalue weighted by atomic mass is 10.2. The summed E-state index contributed by atoms with van der Waals surface area (Å²) in [6, 6.07) is 7.51. The van der Waals surface area contributed by atoms with E-state index in [1.54, 1.807) is 12.0 Å². The summed E-state index contributed by atoms with van der Waals surface area (Å²) in [5.41, 5.74) is 1.49. The molecular weight excluding hydrogens is 330 g/mol. The number of aliphatic hydroxyl groups excluding tert-OH is 1. The maximum Gasteiger partial charge on any atom is 0.414 e. The number of hydrogen-bond donors (Lipinski definition) is 1. The third-order valence-corrected chi connectivity index (χ3v) is 4.86. The van der Waals surface area contributed by atoms with Crippen LogP contribution < -0.4 is 4.90 Å². The number of aromatic nitrogens is 1. The summed E-state index contributed by atoms with van der Waals surface area (Å²) < 4.78 is 11.2. The number of benzene rings is 1. The maximum absolute atomic E-state index is 12.0. The lowest BCUT2D eigenvalue weighted by molar-refractivity contribution is 0.0718. The number of nitrogens with zero attached hydrogens (tertiary/aromatic N) is 3. The number of anilines is 1. The molecule has 2 aromatic rings. The van der Waals surface area contributed by atoms with E-state index < -0.39 is 12.2 Å². The summed E-state index contributed by atoms with van der Waals surface area (Å²) in [6.07, 6.45) is -0.769. The van der Waals surface area contributed by atoms with Crippen molar-refractivity contribution >= 4 is 33.3 Å². The van der Waals surface area contributed by atoms with Crippen LogP contribution in [0.4, 0.5) is 10.5 Å². The Morgan fingerprint density at radius 2 is 2.46 bits per heavy atom. The van der Waals surface area contributed by atoms with Gasteiger partial charge in [-0.2, -0.15) is 5.26 Å². The Labute approximate surface area is 143 Å². The lowest BCUT2D eigenvalue weighted by Crippen LogP contribution is -2.25. The maximum atomic E-state index is 12.0. The lowest BCUT2D eigenvalue weighted by Gasteiger charge is -2.12. The molecule has 1 fully saturated rings. The zero-order chi connectivity index (χ0) is 17.1. The first-order chi connectivity index (χ1) is 11.6. The number of methoxy groups -OCH3 is 1. The molecule has 1 N–H and O–H groups in total. The predicted octanol–water partition coefficient (Wildman–Crippen LogP) is 2.61. The summed E-state index contributed by atoms with van der Waals surface area (Å²) >= 11 is 1.37. The highest BCUT2D eigenvalue weighted by molar-refractivity contribution is 7.18. The fraction of sp³-hybridized carbons (Fsp3) is 0.438. The first-order valence-electron chi connectivity index (χ1n) is 7.55. The van der Waals surface area contributed by atoms with Gasteiger partial charge in [0.2, 0.25) is 0 Å². The normalized spacial score (nSPS) is 18.6. The van der Waals surface area contributed by atoms with Gasteiger partial charge >= 0.3 is 6.09 Å². The second-order valence-electron chi connectivity index (χ2n) is 5.49. The molecule has 8 heteroatoms. The highest BCUT2D eigenvalue weighted by atomic mass is 32.1. The molecule has 0 radical (unpaired) electrons. The summed E-state index contributed by atoms with van der Waals surface area (Å²) in [4.78, 5) is 18.0. The Morgan fingerprint density at radius 3 is 3.21 bits per heavy atom. The van der Waals surface area contributed by atoms with E-state index in [2.05, 4.69) is 4.98 Å². The van der Waals surface area contributed by atoms with E-state index in [0.717, 1.165) is 15.9 Å². The molecule has 1 amide bonds. The largest absolute Gasteiger partial charge is 0.441 e. The van der Waals surface area contributed by atoms with Crippen molar-refractivity contribution in [2.75, 3.05) is 25.2 Å². The van der Waals surface area contributed by atoms with Crippen LogP contribution in [0.5, 0.6) is 0 Å². The van der Waals surface area contributed by atoms with E-state index in [1.165, 1.54) is 11.3 Å². The smallest absolute Gasteiger partial charge is 0.414 e. The molecule has 3 rings (SSSR count). The van der Waals surface area contributed by atoms with Crippen LogP contribution in [-0.2, 0) is 9.47 Å². The molecule has 1 aliphatic rings. The Hall–Kier alpha value is -2.21. The SMILES string of the molecule is COC[C@H]1CN(c2ccc3nc([C@H](O)CCC#N)sc3c2)C(=O)O1. The van der Waals surface area contributed by atoms with Crippen molar-refractivity contribution < 1.29 is 19.4 Å². The summed E-state index contributed by atoms with van der Waals surface area (Å²) in [5, 5.41) is 19.3. The van der Waals surface area contributed by atoms with E-state index in [1.807, 2.05) is 24.3 Å². The number of aliphatic hydroxyl groups is 1. The summed E-state index contributed by atoms with van der Waals surface area (Å²) in [7, 11) is 1.57. The van der Waals surface area contributed by atoms with Gasteiger partial charge in [-0.1, -0.05) is 0 Å². The molecule has 0 aliphatic carbocycles. The highest BCUT2D eigenvalue weighted by Crippen LogP contribution is 2.32. The molecule has 0 saturated carbocycles. The first-order valence-corrected chi connectivity index (χ1v) is 8.36. The molecule has 1 aromatic heterocycles. The molecule has 2 atom stereocenters. The topological polar surface area (TPSA) is 95.7 Å². The number of hydrogen-bond acceptors (Lipinski definition) is 7. The Balaban J connectivity index is 1.81. The number of nitriles is 1. The number of rotatable bonds is 6. The number of thiazole rings is 1. The molecule has 1 aromatic carbocycles. The van der Waals surface area contributed by atoms with Crippen LogP contribution in [0.2, 0.25) is 0 Å². The standard InChI is InChI=1S/C16H17N3O4S/c1-22-9-11-8-19(16(21)23-11)10-4-5-12-14(7-10)24-15(18-12)13(20)3-2-6-17/h4-5,7,11,13,20H,2-3,8-9H2,1H3/t11-,13-/m1/s1. The summed E-state index contributed by atoms with van der Waals surface area (Å²) in [6.45, 7) is 0.801. The van der Waals surface area contributed by atoms with Gasteiger partial charge in [0.15, 0.2) is 0 Å². The summed E-state index contributed by atoms with van der Waals surface area (Å²) in [5.74, 6) is 0. The highest BCUT2D eigenvalue weighted by Gasteiger charge is 2.32. The Morgan fingerprint density at radius 1 is 1.62 bits per heavy atom. The van der Waals surface area contributed by atoms with Crippen LogP contribution in [0.1, 0.15) is 24.0 Å². The number of carbonyl (C=O) groups excluding carboxylic acids is 1. The molecule has 0 bridgehead atoms. The molecule has 0 spiro atoms. The minimum Gasteiger partial charge on any atom is -0.441 e. The van der Waals surface area contributed by atoms with Crippen LogP contribution in [0, 0.1) is 11.3 Å². The van der Waals surface area contributed by atoms with Gasteiger partial charge in [-0.05, 0) is 24.6 Å². The van der Waals surface area contributed by atoms with Crippen LogP contribution in [-0.4, -0.2) is 42.5 Å². The average Bonchev–Trinajstić information content (AvgIpc) is 3.15. The van der Waals surface area contributed by atoms with Gasteiger partial charge in [-0.3, -0.25) is 4.90 Å². The van der Waals surface area contributed by atoms with Crippen molar-refractivity contribution in [3.8, 4) is 6.07 Å². The molecule has 7 nitrogen and oxygen atoms in total. The molecule has 126 valence electrons. The van der Waals surface area contributed by atoms with Gasteiger partial charge in [-0.25, -0.2) is 9.78 Å². The van der Waals surface area contributed by atoms with Crippen molar-refractivity contribution in [1.82, 2.24) is 4.98 Å². The number of ether oxygens (including phenoxy) is 2. The van der Waals surface area contributed by atoms with Gasteiger partial charge in [0, 0.05) is 19.2 Å². The Kier molecular flexibility index (Phi) is 4.94. The third-order valence-electron chi connectivity index (χ3n) is 3.74. The van der Waals surface area contributed by atoms with E-state index >= 15 is 0 Å². The zero-order valence-corrected chi connectivity index (χ0v) is 14.0. The number of amides is 1. The second-order valence-corrected chi connectivity index (χ2v) is 6.55. The minimum atomic E-state index is -0.742. The predicted molar refractivity (Wildman–Crippen MR) is 88.9 cm³/mol. The fourth-order valence-electron chi connectivity index (χ4n) is 2.57. The second kappa shape index (κ2) is 7.13. The van der Waals surface area contributed by atoms with Gasteiger partial charge in [0.1, 0.15) is 17.2 Å². The third kappa shape index (κ3) is 3.33. The number of fused-ring (bicyclic) bond motifs is 1. The molecule has 1 aliphatic heterocycles. The molecular formula is C16H17N3O4S. The van der Waals surface area contributed by atoms with Crippen molar-refractivity contribution in [2.24, 2.45) is 0 Å². The van der Waals surface area contributed by atoms with Crippen molar-refractivity contribution in [2.45, 2.75) is 25.0 Å². The van der Waals surface area contributed by atoms with E-state index in [-0.39, 0.29) is 12.5 Å². The first kappa shape index (κ1) is 16.6. The zero-order valence-electron chi connectivity index (χ0n) is 13.1. The van der Waals surface area contributed by atoms with Gasteiger partial charge in [0.25, 0.3) is 0 Å². The van der Waals surface area contributed by atoms with Crippen LogP contribution in [0.3, 0.4) is 0 Å². The quantitative estimate of drug-likeness (QED) is 0.863. The minimum absolute atomic E-state index is 0.275. The molecule has 0 unspecified atom stereocenters. The molecule has 1 saturated heterocycles. The van der Waals surface area contributed by atoms with Gasteiger partial charge < -0.3 is 14.6 Å². The average molecular weight is 347 g/mol. The van der Waals surface area contributed by atoms with Crippen molar-refractivity contribution in [3.05, 3.63) is 23.2 Å². The monoisotopic (exact) mass is 347 g/mol. The van der Waals surface area contributed by atoms with E-state index in [0.29, 0.717) is 24.6 Å². The molecule has 24 heavy (non-hydrogen) atoms. The van der Waals surface area contributed by atoms with Gasteiger partial charge in [0.05, 0.1) is 29.4 Å². The van der Waals surface area contributed by atoms with Crippen LogP contribution in [0.15, 0.2) is 18.2 Å². The van der Waals surface area contributed by atoms with E-state index in [4.69, 9.17) is 14.7 Å². The van der Waals surface area contributed by atoms with Crippen molar-refractivity contribution in [3.63, 3.8) is 0 Å². The Bertz CT molecular complexity index is 785. The van der Waals surface area contributed by atoms with Crippen molar-refractivity contribution in [1.29, 1.82) is 5.26 Å². The molecule has 2 heterocycles. The number of cyclic esters (lactones) is 1. The van der Waals surface area contributed by atoms with Gasteiger partial charge in [-0.15, -0.1) is 11.3 Å². The van der Waals surface area contributed by atoms with Crippen LogP contribution >= 0.6 is 11.3 Å². The fourth-order valence-corrected chi connectivity index (χ4v) is 3.59. The number of carbonyl (C=O) groups is 1. The van der Waals surface area contributed by atoms with Crippen LogP contribution in [0.25, 0.3) is 10.2 Å². The van der Waals surface area contributed by atoms with E-state index in [9.17, 15) is 9.90 Å².